The van der Waals surface area contributed by atoms with Crippen LogP contribution in [0.15, 0.2) is 472 Å². The predicted octanol–water partition coefficient (Wildman–Crippen LogP) is 25.0. The van der Waals surface area contributed by atoms with E-state index >= 15 is 0 Å². The van der Waals surface area contributed by atoms with Crippen LogP contribution >= 0.6 is 0 Å². The van der Waals surface area contributed by atoms with Gasteiger partial charge < -0.3 is 15.0 Å². The second kappa shape index (κ2) is 52.1. The van der Waals surface area contributed by atoms with Crippen molar-refractivity contribution in [2.24, 2.45) is 5.92 Å². The predicted molar refractivity (Wildman–Crippen MR) is 621 cm³/mol. The van der Waals surface area contributed by atoms with Crippen molar-refractivity contribution >= 4 is 143 Å². The molecule has 16 heteroatoms. The van der Waals surface area contributed by atoms with E-state index in [1.165, 1.54) is 74.2 Å². The Balaban J connectivity index is 0.000000154. The molecule has 0 unspecified atom stereocenters. The molecule has 14 aromatic carbocycles. The Bertz CT molecular complexity index is 7870. The summed E-state index contributed by atoms with van der Waals surface area (Å²) in [7, 11) is -5.15. The van der Waals surface area contributed by atoms with Gasteiger partial charge in [-0.2, -0.15) is 0 Å². The van der Waals surface area contributed by atoms with Gasteiger partial charge >= 0.3 is 491 Å². The number of nitrogens with zero attached hydrogens (tertiary/aromatic N) is 6. The molecule has 735 valence electrons. The quantitative estimate of drug-likeness (QED) is 0.0523. The average Bonchev–Trinajstić information content (AvgIpc) is 1.75. The van der Waals surface area contributed by atoms with Crippen LogP contribution in [0.3, 0.4) is 0 Å². The summed E-state index contributed by atoms with van der Waals surface area (Å²) in [4.78, 5) is 28.0. The minimum Gasteiger partial charge on any atom is 0 e. The van der Waals surface area contributed by atoms with Crippen molar-refractivity contribution in [1.82, 2.24) is 29.9 Å². The van der Waals surface area contributed by atoms with Gasteiger partial charge in [0.15, 0.2) is 0 Å². The molecular formula is C130H122Ge3Ir3N6OSi3-6. The molecule has 7 heterocycles. The second-order valence-corrected chi connectivity index (χ2v) is 79.9. The molecule has 0 aliphatic rings. The minimum atomic E-state index is -2.43. The van der Waals surface area contributed by atoms with E-state index in [4.69, 9.17) is 25.4 Å². The molecule has 21 aromatic rings. The van der Waals surface area contributed by atoms with Gasteiger partial charge in [0.2, 0.25) is 0 Å². The molecule has 0 aliphatic heterocycles. The molecule has 0 saturated carbocycles. The molecule has 7 nitrogen and oxygen atoms in total. The monoisotopic (exact) mass is 2680 g/mol. The Morgan fingerprint density at radius 2 is 0.644 bits per heavy atom. The SMILES string of the molecule is CC(C)Cc1cc(-c2[c-]ccc(-c3ccccc3)c2)nc[c]1[Ge]([CH3])([CH3])[c]1ccccc1.C[Si](C)(c1ccccc1)c1ccc(-c2[c-]cccc2)nc1.C[Si](C)(c1ccccc1)c1ccc(-c2[c-]cccc2)nc1.[2H]c1[c-]c(-c2cc[c]([Ge]([CH3])([CH3])[c]3ccccc3)cn2)c([2H])c([2H])c1[2H].[2H]c1[c-]c(-c2ccc([Si](C)(C)c3ccccc3)cn2)c([2H])c([2H])c1[2H].[CH3][Ge]([CH3])([c]1ccccc1)[c]1ccc(-c2[c-]cc3oc4ccccc4c3c2)nc1.[Ir].[Ir].[Ir]. The molecule has 0 spiro atoms. The zero-order chi connectivity index (χ0) is 107. The Labute approximate surface area is 928 Å². The summed E-state index contributed by atoms with van der Waals surface area (Å²) in [5.74, 6) is 15.0. The van der Waals surface area contributed by atoms with E-state index in [1.807, 2.05) is 152 Å². The third-order valence-electron chi connectivity index (χ3n) is 26.9. The molecule has 0 bridgehead atoms. The minimum absolute atomic E-state index is 0. The van der Waals surface area contributed by atoms with Gasteiger partial charge in [0, 0.05) is 81.6 Å². The van der Waals surface area contributed by atoms with Crippen LogP contribution < -0.4 is 57.5 Å². The summed E-state index contributed by atoms with van der Waals surface area (Å²) in [6.45, 7) is 18.6. The Hall–Kier alpha value is -12.0. The molecule has 0 fully saturated rings. The Kier molecular flexibility index (Phi) is 35.6. The van der Waals surface area contributed by atoms with Gasteiger partial charge in [0.05, 0.1) is 0 Å². The van der Waals surface area contributed by atoms with Crippen molar-refractivity contribution in [3.63, 3.8) is 0 Å². The number of aromatic nitrogens is 6. The largest absolute Gasteiger partial charge is 0 e. The number of pyridine rings is 6. The molecule has 3 radical (unpaired) electrons. The van der Waals surface area contributed by atoms with Crippen LogP contribution in [0.1, 0.15) is 30.4 Å². The number of hydrogen-bond acceptors (Lipinski definition) is 7. The van der Waals surface area contributed by atoms with Crippen LogP contribution in [-0.2, 0) is 66.7 Å². The number of furan rings is 1. The first-order valence-corrected chi connectivity index (χ1v) is 76.5. The van der Waals surface area contributed by atoms with Crippen molar-refractivity contribution in [2.45, 2.75) is 94.1 Å². The van der Waals surface area contributed by atoms with Crippen LogP contribution in [0.2, 0.25) is 73.8 Å². The molecule has 21 rings (SSSR count). The van der Waals surface area contributed by atoms with Crippen molar-refractivity contribution in [3.8, 4) is 78.7 Å². The average molecular weight is 2670 g/mol. The number of hydrogen-bond donors (Lipinski definition) is 0. The van der Waals surface area contributed by atoms with Gasteiger partial charge in [-0.1, -0.05) is 182 Å². The fraction of sp³-hybridized carbons (Fsp3) is 0.123. The van der Waals surface area contributed by atoms with Crippen molar-refractivity contribution in [1.29, 1.82) is 0 Å². The van der Waals surface area contributed by atoms with Crippen molar-refractivity contribution in [3.05, 3.63) is 510 Å². The first-order valence-electron chi connectivity index (χ1n) is 52.6. The zero-order valence-electron chi connectivity index (χ0n) is 92.7. The standard InChI is InChI=1S/C29H30GeN.C25H20GeNO.C19H18GeN.3C19H18NSi.3Ir/c1-22(2)18-26-20-29(25-15-11-14-24(19-25)23-12-7-5-8-13-23)31-21-28(26)30(3,4)27-16-9-6-10-17-27;1-26(2,19-8-4-3-5-9-19)20-13-14-23(27-17-20)18-12-15-25-22(16-18)21-10-6-7-11-24(21)28-25;1-20(2,17-11-7-4-8-12-17)18-13-14-19(21-15-18)16-9-5-3-6-10-16;3*1-21(2,17-11-7-4-8-12-17)18-13-14-19(20-15-18)16-9-5-3-6-10-16;;;/h5-14,16-17,19-22H,18H2,1-4H3;3-11,13-17H,1-2H3;4*3-9,11-15H,1-2H3;;;/q6*-1;;;/i;;2*3D,5D,6D,9D;;;;;. The molecule has 0 saturated heterocycles. The van der Waals surface area contributed by atoms with Crippen LogP contribution in [0.5, 0.6) is 0 Å². The van der Waals surface area contributed by atoms with Gasteiger partial charge in [-0.05, 0) is 35.4 Å². The van der Waals surface area contributed by atoms with Crippen molar-refractivity contribution in [2.75, 3.05) is 0 Å². The Morgan fingerprint density at radius 3 is 1.05 bits per heavy atom. The van der Waals surface area contributed by atoms with E-state index in [0.717, 1.165) is 73.4 Å². The topological polar surface area (TPSA) is 90.5 Å². The molecule has 0 aliphatic carbocycles. The van der Waals surface area contributed by atoms with Gasteiger partial charge in [-0.3, -0.25) is 0 Å². The zero-order valence-corrected chi connectivity index (χ0v) is 101. The number of para-hydroxylation sites is 1. The smallest absolute Gasteiger partial charge is 0 e. The van der Waals surface area contributed by atoms with Crippen LogP contribution in [-0.4, -0.2) is 93.9 Å². The molecular weight excluding hydrogens is 2540 g/mol. The maximum absolute atomic E-state index is 8.03. The second-order valence-electron chi connectivity index (χ2n) is 39.1. The van der Waals surface area contributed by atoms with Crippen LogP contribution in [0.4, 0.5) is 0 Å². The molecule has 0 atom stereocenters. The maximum Gasteiger partial charge on any atom is 0 e. The maximum atomic E-state index is 8.03. The number of rotatable bonds is 21. The third-order valence-corrected chi connectivity index (χ3v) is 59.7. The summed E-state index contributed by atoms with van der Waals surface area (Å²) in [6.07, 6.45) is 13.0. The van der Waals surface area contributed by atoms with Gasteiger partial charge in [0.25, 0.3) is 0 Å². The van der Waals surface area contributed by atoms with Crippen LogP contribution in [0, 0.1) is 42.3 Å². The van der Waals surface area contributed by atoms with E-state index in [-0.39, 0.29) is 109 Å². The summed E-state index contributed by atoms with van der Waals surface area (Å²) < 4.78 is 76.7. The van der Waals surface area contributed by atoms with Crippen LogP contribution in [0.25, 0.3) is 101 Å². The van der Waals surface area contributed by atoms with E-state index < -0.39 is 64.0 Å². The molecule has 0 amide bonds. The summed E-state index contributed by atoms with van der Waals surface area (Å²) >= 11 is -7.16. The molecule has 146 heavy (non-hydrogen) atoms. The molecule has 7 aromatic heterocycles. The van der Waals surface area contributed by atoms with Gasteiger partial charge in [-0.25, -0.2) is 0 Å². The van der Waals surface area contributed by atoms with E-state index in [9.17, 15) is 0 Å². The fourth-order valence-corrected chi connectivity index (χ4v) is 39.5. The first kappa shape index (κ1) is 100.0. The third kappa shape index (κ3) is 27.9. The van der Waals surface area contributed by atoms with E-state index in [0.29, 0.717) is 28.4 Å². The normalized spacial score (nSPS) is 12.0. The van der Waals surface area contributed by atoms with Gasteiger partial charge in [0.1, 0.15) is 24.2 Å². The summed E-state index contributed by atoms with van der Waals surface area (Å²) in [5.41, 5.74) is 15.4. The number of fused-ring (bicyclic) bond motifs is 3. The van der Waals surface area contributed by atoms with E-state index in [2.05, 4.69) is 411 Å². The van der Waals surface area contributed by atoms with Crippen molar-refractivity contribution < 1.29 is 75.7 Å². The fourth-order valence-electron chi connectivity index (χ4n) is 17.6. The Morgan fingerprint density at radius 1 is 0.281 bits per heavy atom. The number of benzene rings is 14. The van der Waals surface area contributed by atoms with Gasteiger partial charge in [-0.15, -0.1) is 108 Å². The van der Waals surface area contributed by atoms with E-state index in [1.54, 1.807) is 0 Å². The molecule has 0 N–H and O–H groups in total. The summed E-state index contributed by atoms with van der Waals surface area (Å²) in [5, 5.41) is 10.3. The first-order chi connectivity index (χ1) is 72.6. The summed E-state index contributed by atoms with van der Waals surface area (Å²) in [6, 6.07) is 149.